The number of nitrogens with one attached hydrogen (secondary N) is 1. The number of anilines is 1. The lowest BCUT2D eigenvalue weighted by Crippen LogP contribution is -2.35. The van der Waals surface area contributed by atoms with Crippen molar-refractivity contribution in [3.63, 3.8) is 0 Å². The molecule has 0 unspecified atom stereocenters. The fraction of sp³-hybridized carbons (Fsp3) is 0.273. The van der Waals surface area contributed by atoms with Gasteiger partial charge in [0.15, 0.2) is 0 Å². The first-order valence-corrected chi connectivity index (χ1v) is 4.95. The van der Waals surface area contributed by atoms with E-state index in [0.29, 0.717) is 6.42 Å². The summed E-state index contributed by atoms with van der Waals surface area (Å²) in [6.07, 6.45) is 0.501. The largest absolute Gasteiger partial charge is 0.478 e. The Bertz CT molecular complexity index is 404. The van der Waals surface area contributed by atoms with E-state index in [9.17, 15) is 9.59 Å². The molecule has 5 heteroatoms. The molecule has 16 heavy (non-hydrogen) atoms. The Morgan fingerprint density at radius 1 is 1.44 bits per heavy atom. The van der Waals surface area contributed by atoms with Gasteiger partial charge in [-0.3, -0.25) is 4.79 Å². The zero-order chi connectivity index (χ0) is 12.1. The van der Waals surface area contributed by atoms with Crippen LogP contribution in [0.5, 0.6) is 0 Å². The van der Waals surface area contributed by atoms with Gasteiger partial charge in [0.2, 0.25) is 5.91 Å². The first-order valence-electron chi connectivity index (χ1n) is 4.95. The smallest absolute Gasteiger partial charge is 0.337 e. The molecule has 86 valence electrons. The van der Waals surface area contributed by atoms with E-state index in [1.165, 1.54) is 12.1 Å². The maximum Gasteiger partial charge on any atom is 0.337 e. The SMILES string of the molecule is CC[C@@H](N)C(=O)Nc1ccccc1C(=O)O. The van der Waals surface area contributed by atoms with Crippen molar-refractivity contribution in [1.82, 2.24) is 0 Å². The van der Waals surface area contributed by atoms with Crippen LogP contribution in [-0.4, -0.2) is 23.0 Å². The second-order valence-corrected chi connectivity index (χ2v) is 3.35. The van der Waals surface area contributed by atoms with Crippen LogP contribution in [0.1, 0.15) is 23.7 Å². The maximum atomic E-state index is 11.5. The molecule has 0 spiro atoms. The molecule has 1 amide bonds. The molecule has 0 bridgehead atoms. The normalized spacial score (nSPS) is 11.9. The Hall–Kier alpha value is -1.88. The summed E-state index contributed by atoms with van der Waals surface area (Å²) in [7, 11) is 0. The minimum absolute atomic E-state index is 0.0548. The number of hydrogen-bond acceptors (Lipinski definition) is 3. The third-order valence-corrected chi connectivity index (χ3v) is 2.19. The van der Waals surface area contributed by atoms with Crippen molar-refractivity contribution >= 4 is 17.6 Å². The maximum absolute atomic E-state index is 11.5. The predicted molar refractivity (Wildman–Crippen MR) is 60.3 cm³/mol. The van der Waals surface area contributed by atoms with E-state index in [0.717, 1.165) is 0 Å². The van der Waals surface area contributed by atoms with Crippen molar-refractivity contribution in [3.8, 4) is 0 Å². The van der Waals surface area contributed by atoms with Gasteiger partial charge < -0.3 is 16.2 Å². The molecule has 0 radical (unpaired) electrons. The van der Waals surface area contributed by atoms with E-state index in [2.05, 4.69) is 5.32 Å². The van der Waals surface area contributed by atoms with Crippen LogP contribution in [0.4, 0.5) is 5.69 Å². The van der Waals surface area contributed by atoms with E-state index in [-0.39, 0.29) is 17.2 Å². The first-order chi connectivity index (χ1) is 7.56. The molecule has 4 N–H and O–H groups in total. The van der Waals surface area contributed by atoms with E-state index in [1.807, 2.05) is 0 Å². The summed E-state index contributed by atoms with van der Waals surface area (Å²) in [5.41, 5.74) is 5.85. The van der Waals surface area contributed by atoms with Crippen molar-refractivity contribution < 1.29 is 14.7 Å². The summed E-state index contributed by atoms with van der Waals surface area (Å²) >= 11 is 0. The number of rotatable bonds is 4. The van der Waals surface area contributed by atoms with E-state index in [4.69, 9.17) is 10.8 Å². The average Bonchev–Trinajstić information content (AvgIpc) is 2.28. The molecule has 0 fully saturated rings. The molecule has 0 saturated carbocycles. The highest BCUT2D eigenvalue weighted by Gasteiger charge is 2.15. The standard InChI is InChI=1S/C11H14N2O3/c1-2-8(12)10(14)13-9-6-4-3-5-7(9)11(15)16/h3-6,8H,2,12H2,1H3,(H,13,14)(H,15,16)/t8-/m1/s1. The minimum atomic E-state index is -1.08. The molecule has 0 aliphatic heterocycles. The third kappa shape index (κ3) is 2.80. The monoisotopic (exact) mass is 222 g/mol. The average molecular weight is 222 g/mol. The fourth-order valence-corrected chi connectivity index (χ4v) is 1.19. The summed E-state index contributed by atoms with van der Waals surface area (Å²) in [6.45, 7) is 1.79. The Morgan fingerprint density at radius 2 is 2.06 bits per heavy atom. The van der Waals surface area contributed by atoms with Crippen LogP contribution < -0.4 is 11.1 Å². The quantitative estimate of drug-likeness (QED) is 0.710. The van der Waals surface area contributed by atoms with Gasteiger partial charge in [-0.1, -0.05) is 19.1 Å². The highest BCUT2D eigenvalue weighted by molar-refractivity contribution is 6.01. The van der Waals surface area contributed by atoms with Gasteiger partial charge in [0, 0.05) is 0 Å². The number of amides is 1. The molecule has 1 atom stereocenters. The van der Waals surface area contributed by atoms with Gasteiger partial charge in [-0.2, -0.15) is 0 Å². The van der Waals surface area contributed by atoms with Gasteiger partial charge in [0.25, 0.3) is 0 Å². The van der Waals surface area contributed by atoms with Crippen LogP contribution in [0.2, 0.25) is 0 Å². The number of benzene rings is 1. The number of carboxylic acids is 1. The van der Waals surface area contributed by atoms with Gasteiger partial charge in [0.1, 0.15) is 0 Å². The first kappa shape index (κ1) is 12.2. The summed E-state index contributed by atoms with van der Waals surface area (Å²) in [6, 6.07) is 5.58. The van der Waals surface area contributed by atoms with Crippen LogP contribution in [0, 0.1) is 0 Å². The lowest BCUT2D eigenvalue weighted by molar-refractivity contribution is -0.117. The van der Waals surface area contributed by atoms with Gasteiger partial charge in [-0.25, -0.2) is 4.79 Å². The van der Waals surface area contributed by atoms with Gasteiger partial charge in [0.05, 0.1) is 17.3 Å². The number of nitrogens with two attached hydrogens (primary N) is 1. The summed E-state index contributed by atoms with van der Waals surface area (Å²) in [5, 5.41) is 11.4. The molecule has 0 heterocycles. The van der Waals surface area contributed by atoms with E-state index in [1.54, 1.807) is 19.1 Å². The Morgan fingerprint density at radius 3 is 2.62 bits per heavy atom. The molecule has 5 nitrogen and oxygen atoms in total. The molecule has 0 aromatic heterocycles. The van der Waals surface area contributed by atoms with Gasteiger partial charge >= 0.3 is 5.97 Å². The summed E-state index contributed by atoms with van der Waals surface area (Å²) in [4.78, 5) is 22.3. The third-order valence-electron chi connectivity index (χ3n) is 2.19. The second-order valence-electron chi connectivity index (χ2n) is 3.35. The molecule has 0 saturated heterocycles. The minimum Gasteiger partial charge on any atom is -0.478 e. The molecule has 1 aromatic rings. The van der Waals surface area contributed by atoms with Crippen molar-refractivity contribution in [3.05, 3.63) is 29.8 Å². The number of carbonyl (C=O) groups excluding carboxylic acids is 1. The Balaban J connectivity index is 2.89. The van der Waals surface area contributed by atoms with Crippen molar-refractivity contribution in [2.75, 3.05) is 5.32 Å². The van der Waals surface area contributed by atoms with Crippen LogP contribution in [0.15, 0.2) is 24.3 Å². The van der Waals surface area contributed by atoms with Crippen LogP contribution >= 0.6 is 0 Å². The second kappa shape index (κ2) is 5.27. The Labute approximate surface area is 93.3 Å². The van der Waals surface area contributed by atoms with Crippen LogP contribution in [0.3, 0.4) is 0 Å². The Kier molecular flexibility index (Phi) is 4.02. The summed E-state index contributed by atoms with van der Waals surface area (Å²) in [5.74, 6) is -1.46. The highest BCUT2D eigenvalue weighted by Crippen LogP contribution is 2.15. The number of carboxylic acid groups (broad SMARTS) is 1. The topological polar surface area (TPSA) is 92.4 Å². The van der Waals surface area contributed by atoms with Crippen molar-refractivity contribution in [2.24, 2.45) is 5.73 Å². The predicted octanol–water partition coefficient (Wildman–Crippen LogP) is 1.06. The number of para-hydroxylation sites is 1. The molecule has 0 aliphatic rings. The van der Waals surface area contributed by atoms with Gasteiger partial charge in [-0.05, 0) is 18.6 Å². The molecular weight excluding hydrogens is 208 g/mol. The number of aromatic carboxylic acids is 1. The lowest BCUT2D eigenvalue weighted by atomic mass is 10.1. The van der Waals surface area contributed by atoms with Crippen LogP contribution in [-0.2, 0) is 4.79 Å². The molecule has 0 aliphatic carbocycles. The van der Waals surface area contributed by atoms with Crippen molar-refractivity contribution in [1.29, 1.82) is 0 Å². The molecular formula is C11H14N2O3. The van der Waals surface area contributed by atoms with E-state index >= 15 is 0 Å². The fourth-order valence-electron chi connectivity index (χ4n) is 1.19. The number of carbonyl (C=O) groups is 2. The lowest BCUT2D eigenvalue weighted by Gasteiger charge is -2.11. The van der Waals surface area contributed by atoms with Gasteiger partial charge in [-0.15, -0.1) is 0 Å². The van der Waals surface area contributed by atoms with Crippen LogP contribution in [0.25, 0.3) is 0 Å². The zero-order valence-electron chi connectivity index (χ0n) is 8.93. The molecule has 1 rings (SSSR count). The van der Waals surface area contributed by atoms with Crippen molar-refractivity contribution in [2.45, 2.75) is 19.4 Å². The zero-order valence-corrected chi connectivity index (χ0v) is 8.93. The highest BCUT2D eigenvalue weighted by atomic mass is 16.4. The summed E-state index contributed by atoms with van der Waals surface area (Å²) < 4.78 is 0. The van der Waals surface area contributed by atoms with E-state index < -0.39 is 12.0 Å². The number of hydrogen-bond donors (Lipinski definition) is 3. The molecule has 1 aromatic carbocycles.